The predicted octanol–water partition coefficient (Wildman–Crippen LogP) is 5.50. The highest BCUT2D eigenvalue weighted by atomic mass is 35.5. The highest BCUT2D eigenvalue weighted by molar-refractivity contribution is 6.31. The molecule has 0 saturated heterocycles. The van der Waals surface area contributed by atoms with Crippen molar-refractivity contribution < 1.29 is 9.47 Å². The number of aromatic nitrogens is 2. The van der Waals surface area contributed by atoms with Crippen LogP contribution in [0.4, 0.5) is 5.69 Å². The maximum Gasteiger partial charge on any atom is 0.144 e. The number of benzene rings is 2. The Morgan fingerprint density at radius 1 is 0.889 bits per heavy atom. The summed E-state index contributed by atoms with van der Waals surface area (Å²) in [5.41, 5.74) is 8.97. The van der Waals surface area contributed by atoms with Crippen LogP contribution in [0, 0.1) is 13.8 Å². The largest absolute Gasteiger partial charge is 0.495 e. The quantitative estimate of drug-likeness (QED) is 0.557. The summed E-state index contributed by atoms with van der Waals surface area (Å²) >= 11 is 11.6. The number of nitrogen functional groups attached to an aromatic ring is 1. The lowest BCUT2D eigenvalue weighted by Crippen LogP contribution is -2.01. The van der Waals surface area contributed by atoms with E-state index in [2.05, 4.69) is 5.10 Å². The normalized spacial score (nSPS) is 9.70. The molecule has 2 aromatic carbocycles. The van der Waals surface area contributed by atoms with E-state index in [1.54, 1.807) is 38.5 Å². The third-order valence-electron chi connectivity index (χ3n) is 3.57. The van der Waals surface area contributed by atoms with Gasteiger partial charge in [-0.2, -0.15) is 5.10 Å². The van der Waals surface area contributed by atoms with Crippen LogP contribution in [0.25, 0.3) is 5.69 Å². The highest BCUT2D eigenvalue weighted by Crippen LogP contribution is 2.27. The molecular weight excluding hydrogens is 409 g/mol. The highest BCUT2D eigenvalue weighted by Gasteiger charge is 2.09. The van der Waals surface area contributed by atoms with Crippen molar-refractivity contribution in [1.29, 1.82) is 0 Å². The second-order valence-electron chi connectivity index (χ2n) is 5.54. The summed E-state index contributed by atoms with van der Waals surface area (Å²) in [4.78, 5) is 0. The summed E-state index contributed by atoms with van der Waals surface area (Å²) in [6, 6.07) is 12.6. The summed E-state index contributed by atoms with van der Waals surface area (Å²) < 4.78 is 12.0. The zero-order valence-corrected chi connectivity index (χ0v) is 17.8. The number of nitrogens with zero attached hydrogens (tertiary/aromatic N) is 2. The van der Waals surface area contributed by atoms with E-state index in [1.165, 1.54) is 0 Å². The second kappa shape index (κ2) is 10.3. The van der Waals surface area contributed by atoms with E-state index in [1.807, 2.05) is 36.7 Å². The SMILES string of the molecule is COc1ccc(Cl)cc1-n1nc(C)cc1C.COc1ccc(Cl)cc1N.Cl. The van der Waals surface area contributed by atoms with Crippen LogP contribution >= 0.6 is 35.6 Å². The molecule has 1 aromatic heterocycles. The standard InChI is InChI=1S/C12H13ClN2O.C7H8ClNO.ClH/c1-8-6-9(2)15(14-8)11-7-10(13)4-5-12(11)16-3;1-10-7-3-2-5(8)4-6(7)9;/h4-7H,1-3H3;2-4H,9H2,1H3;1H. The fraction of sp³-hybridized carbons (Fsp3) is 0.211. The van der Waals surface area contributed by atoms with Crippen molar-refractivity contribution in [3.8, 4) is 17.2 Å². The minimum atomic E-state index is 0. The van der Waals surface area contributed by atoms with Gasteiger partial charge in [-0.1, -0.05) is 23.2 Å². The molecular formula is C19H22Cl3N3O2. The maximum atomic E-state index is 5.99. The number of aryl methyl sites for hydroxylation is 2. The van der Waals surface area contributed by atoms with Gasteiger partial charge in [-0.15, -0.1) is 12.4 Å². The molecule has 0 aliphatic heterocycles. The van der Waals surface area contributed by atoms with Gasteiger partial charge in [0.15, 0.2) is 0 Å². The molecule has 0 fully saturated rings. The molecule has 0 radical (unpaired) electrons. The fourth-order valence-corrected chi connectivity index (χ4v) is 2.75. The maximum absolute atomic E-state index is 5.99. The Balaban J connectivity index is 0.000000288. The summed E-state index contributed by atoms with van der Waals surface area (Å²) in [7, 11) is 3.21. The lowest BCUT2D eigenvalue weighted by molar-refractivity contribution is 0.411. The molecule has 2 N–H and O–H groups in total. The molecule has 0 bridgehead atoms. The van der Waals surface area contributed by atoms with Crippen LogP contribution in [0.2, 0.25) is 10.0 Å². The van der Waals surface area contributed by atoms with Gasteiger partial charge < -0.3 is 15.2 Å². The lowest BCUT2D eigenvalue weighted by atomic mass is 10.3. The summed E-state index contributed by atoms with van der Waals surface area (Å²) in [6.45, 7) is 3.96. The molecule has 5 nitrogen and oxygen atoms in total. The first-order chi connectivity index (χ1) is 12.3. The van der Waals surface area contributed by atoms with Crippen molar-refractivity contribution >= 4 is 41.3 Å². The van der Waals surface area contributed by atoms with Gasteiger partial charge in [0.1, 0.15) is 17.2 Å². The molecule has 0 aliphatic carbocycles. The third kappa shape index (κ3) is 5.96. The van der Waals surface area contributed by atoms with Crippen molar-refractivity contribution in [2.45, 2.75) is 13.8 Å². The van der Waals surface area contributed by atoms with E-state index in [0.29, 0.717) is 21.5 Å². The van der Waals surface area contributed by atoms with Crippen LogP contribution in [-0.4, -0.2) is 24.0 Å². The molecule has 8 heteroatoms. The number of methoxy groups -OCH3 is 2. The number of anilines is 1. The fourth-order valence-electron chi connectivity index (χ4n) is 2.41. The number of nitrogens with two attached hydrogens (primary N) is 1. The van der Waals surface area contributed by atoms with Crippen molar-refractivity contribution in [2.24, 2.45) is 0 Å². The molecule has 146 valence electrons. The van der Waals surface area contributed by atoms with E-state index in [-0.39, 0.29) is 12.4 Å². The molecule has 3 aromatic rings. The summed E-state index contributed by atoms with van der Waals surface area (Å²) in [5.74, 6) is 1.42. The van der Waals surface area contributed by atoms with E-state index in [9.17, 15) is 0 Å². The minimum absolute atomic E-state index is 0. The topological polar surface area (TPSA) is 62.3 Å². The number of halogens is 3. The van der Waals surface area contributed by atoms with Gasteiger partial charge in [0, 0.05) is 15.7 Å². The van der Waals surface area contributed by atoms with Crippen LogP contribution in [0.15, 0.2) is 42.5 Å². The Kier molecular flexibility index (Phi) is 8.76. The average Bonchev–Trinajstić information content (AvgIpc) is 2.94. The lowest BCUT2D eigenvalue weighted by Gasteiger charge is -2.10. The van der Waals surface area contributed by atoms with E-state index in [0.717, 1.165) is 22.8 Å². The van der Waals surface area contributed by atoms with Gasteiger partial charge in [-0.05, 0) is 56.3 Å². The first-order valence-electron chi connectivity index (χ1n) is 7.82. The Labute approximate surface area is 175 Å². The monoisotopic (exact) mass is 429 g/mol. The molecule has 0 unspecified atom stereocenters. The molecule has 0 spiro atoms. The molecule has 0 atom stereocenters. The average molecular weight is 431 g/mol. The van der Waals surface area contributed by atoms with Crippen molar-refractivity contribution in [3.63, 3.8) is 0 Å². The first-order valence-corrected chi connectivity index (χ1v) is 8.57. The van der Waals surface area contributed by atoms with Crippen molar-refractivity contribution in [2.75, 3.05) is 20.0 Å². The molecule has 0 amide bonds. The van der Waals surface area contributed by atoms with Gasteiger partial charge in [0.2, 0.25) is 0 Å². The Morgan fingerprint density at radius 2 is 1.44 bits per heavy atom. The number of hydrogen-bond acceptors (Lipinski definition) is 4. The first kappa shape index (κ1) is 23.0. The second-order valence-corrected chi connectivity index (χ2v) is 6.41. The van der Waals surface area contributed by atoms with Crippen LogP contribution in [0.1, 0.15) is 11.4 Å². The van der Waals surface area contributed by atoms with Gasteiger partial charge in [0.25, 0.3) is 0 Å². The van der Waals surface area contributed by atoms with Crippen molar-refractivity contribution in [3.05, 3.63) is 63.9 Å². The molecule has 3 rings (SSSR count). The molecule has 1 heterocycles. The van der Waals surface area contributed by atoms with E-state index in [4.69, 9.17) is 38.4 Å². The predicted molar refractivity (Wildman–Crippen MR) is 114 cm³/mol. The Bertz CT molecular complexity index is 898. The van der Waals surface area contributed by atoms with Crippen LogP contribution in [-0.2, 0) is 0 Å². The molecule has 0 aliphatic rings. The van der Waals surface area contributed by atoms with Gasteiger partial charge in [-0.3, -0.25) is 0 Å². The number of rotatable bonds is 3. The summed E-state index contributed by atoms with van der Waals surface area (Å²) in [5, 5.41) is 5.70. The Hall–Kier alpha value is -2.08. The van der Waals surface area contributed by atoms with Crippen molar-refractivity contribution in [1.82, 2.24) is 9.78 Å². The number of hydrogen-bond donors (Lipinski definition) is 1. The smallest absolute Gasteiger partial charge is 0.144 e. The summed E-state index contributed by atoms with van der Waals surface area (Å²) in [6.07, 6.45) is 0. The van der Waals surface area contributed by atoms with Gasteiger partial charge >= 0.3 is 0 Å². The van der Waals surface area contributed by atoms with Gasteiger partial charge in [0.05, 0.1) is 25.6 Å². The zero-order chi connectivity index (χ0) is 19.3. The third-order valence-corrected chi connectivity index (χ3v) is 4.04. The van der Waals surface area contributed by atoms with Crippen LogP contribution < -0.4 is 15.2 Å². The van der Waals surface area contributed by atoms with Gasteiger partial charge in [-0.25, -0.2) is 4.68 Å². The molecule has 0 saturated carbocycles. The molecule has 27 heavy (non-hydrogen) atoms. The van der Waals surface area contributed by atoms with Crippen LogP contribution in [0.3, 0.4) is 0 Å². The van der Waals surface area contributed by atoms with E-state index < -0.39 is 0 Å². The van der Waals surface area contributed by atoms with E-state index >= 15 is 0 Å². The minimum Gasteiger partial charge on any atom is -0.495 e. The van der Waals surface area contributed by atoms with Crippen LogP contribution in [0.5, 0.6) is 11.5 Å². The Morgan fingerprint density at radius 3 is 1.93 bits per heavy atom. The zero-order valence-electron chi connectivity index (χ0n) is 15.5. The number of ether oxygens (including phenoxy) is 2.